The van der Waals surface area contributed by atoms with Crippen LogP contribution in [0.3, 0.4) is 0 Å². The maximum Gasteiger partial charge on any atom is 0.306 e. The first-order chi connectivity index (χ1) is 36.0. The molecule has 0 aliphatic carbocycles. The van der Waals surface area contributed by atoms with Crippen molar-refractivity contribution in [2.45, 2.75) is 335 Å². The SMILES string of the molecule is CCC/C=C\C/C=C\CCCCCCCC(=O)OCC(COC(=O)CCCCCCCC/C=C\C/C=C\C/C=C\CCCCCCC)OC(=O)CCCCCCCCCCCCCCCCCCCCCCC. The lowest BCUT2D eigenvalue weighted by molar-refractivity contribution is -0.167. The van der Waals surface area contributed by atoms with Crippen LogP contribution in [0.2, 0.25) is 0 Å². The van der Waals surface area contributed by atoms with Crippen LogP contribution >= 0.6 is 0 Å². The van der Waals surface area contributed by atoms with Gasteiger partial charge in [0.15, 0.2) is 6.10 Å². The van der Waals surface area contributed by atoms with Gasteiger partial charge in [0.25, 0.3) is 0 Å². The lowest BCUT2D eigenvalue weighted by Crippen LogP contribution is -2.30. The molecule has 0 aliphatic rings. The van der Waals surface area contributed by atoms with Crippen LogP contribution in [0.15, 0.2) is 60.8 Å². The number of carbonyl (C=O) groups is 3. The van der Waals surface area contributed by atoms with Crippen molar-refractivity contribution in [3.63, 3.8) is 0 Å². The lowest BCUT2D eigenvalue weighted by Gasteiger charge is -2.18. The minimum atomic E-state index is -0.785. The lowest BCUT2D eigenvalue weighted by atomic mass is 10.0. The van der Waals surface area contributed by atoms with E-state index in [1.54, 1.807) is 0 Å². The molecule has 0 heterocycles. The molecule has 0 rings (SSSR count). The highest BCUT2D eigenvalue weighted by Gasteiger charge is 2.19. The highest BCUT2D eigenvalue weighted by Crippen LogP contribution is 2.17. The van der Waals surface area contributed by atoms with Gasteiger partial charge in [-0.25, -0.2) is 0 Å². The maximum atomic E-state index is 12.9. The fraction of sp³-hybridized carbons (Fsp3) is 0.806. The van der Waals surface area contributed by atoms with Gasteiger partial charge in [-0.15, -0.1) is 0 Å². The van der Waals surface area contributed by atoms with Crippen LogP contribution < -0.4 is 0 Å². The largest absolute Gasteiger partial charge is 0.462 e. The number of esters is 3. The van der Waals surface area contributed by atoms with Crippen LogP contribution in [0.4, 0.5) is 0 Å². The van der Waals surface area contributed by atoms with Gasteiger partial charge in [0.2, 0.25) is 0 Å². The molecule has 0 aromatic heterocycles. The summed E-state index contributed by atoms with van der Waals surface area (Å²) in [5.41, 5.74) is 0. The number of ether oxygens (including phenoxy) is 3. The van der Waals surface area contributed by atoms with E-state index in [1.165, 1.54) is 186 Å². The average Bonchev–Trinajstić information content (AvgIpc) is 3.39. The topological polar surface area (TPSA) is 78.9 Å². The molecule has 0 saturated carbocycles. The van der Waals surface area contributed by atoms with E-state index < -0.39 is 6.10 Å². The van der Waals surface area contributed by atoms with Crippen LogP contribution in [-0.2, 0) is 28.6 Å². The monoisotopic (exact) mass is 1020 g/mol. The number of unbranched alkanes of at least 4 members (excludes halogenated alkanes) is 37. The van der Waals surface area contributed by atoms with Crippen LogP contribution in [0.5, 0.6) is 0 Å². The van der Waals surface area contributed by atoms with Crippen molar-refractivity contribution < 1.29 is 28.6 Å². The van der Waals surface area contributed by atoms with Gasteiger partial charge in [0.05, 0.1) is 0 Å². The summed E-state index contributed by atoms with van der Waals surface area (Å²) in [6.07, 6.45) is 78.0. The van der Waals surface area contributed by atoms with E-state index in [2.05, 4.69) is 81.5 Å². The Kier molecular flexibility index (Phi) is 59.2. The normalized spacial score (nSPS) is 12.4. The van der Waals surface area contributed by atoms with Gasteiger partial charge in [0.1, 0.15) is 13.2 Å². The van der Waals surface area contributed by atoms with Crippen molar-refractivity contribution in [2.24, 2.45) is 0 Å². The Morgan fingerprint density at radius 1 is 0.274 bits per heavy atom. The standard InChI is InChI=1S/C67H120O6/c1-4-7-10-13-16-19-22-25-27-29-31-33-35-37-39-42-45-48-51-54-57-60-66(69)72-63-64(62-71-65(68)59-56-53-50-47-44-41-24-21-18-15-12-9-6-3)73-67(70)61-58-55-52-49-46-43-40-38-36-34-32-30-28-26-23-20-17-14-11-8-5-2/h12,15,21-22,24-25,29,31,35,37,64H,4-11,13-14,16-20,23,26-28,30,32-34,36,38-63H2,1-3H3/b15-12-,24-21-,25-22-,31-29-,37-35-. The Morgan fingerprint density at radius 2 is 0.521 bits per heavy atom. The van der Waals surface area contributed by atoms with E-state index in [4.69, 9.17) is 14.2 Å². The first kappa shape index (κ1) is 70.1. The first-order valence-electron chi connectivity index (χ1n) is 31.8. The van der Waals surface area contributed by atoms with Crippen LogP contribution in [0.1, 0.15) is 329 Å². The van der Waals surface area contributed by atoms with Crippen molar-refractivity contribution in [3.05, 3.63) is 60.8 Å². The summed E-state index contributed by atoms with van der Waals surface area (Å²) in [6, 6.07) is 0. The zero-order valence-corrected chi connectivity index (χ0v) is 48.7. The Hall–Kier alpha value is -2.89. The fourth-order valence-corrected chi connectivity index (χ4v) is 9.20. The van der Waals surface area contributed by atoms with E-state index >= 15 is 0 Å². The zero-order valence-electron chi connectivity index (χ0n) is 48.7. The van der Waals surface area contributed by atoms with Crippen LogP contribution in [0.25, 0.3) is 0 Å². The molecule has 6 nitrogen and oxygen atoms in total. The minimum absolute atomic E-state index is 0.0831. The highest BCUT2D eigenvalue weighted by atomic mass is 16.6. The Labute approximate surface area is 453 Å². The number of allylic oxidation sites excluding steroid dienone is 10. The molecular formula is C67H120O6. The predicted octanol–water partition coefficient (Wildman–Crippen LogP) is 21.6. The van der Waals surface area contributed by atoms with Gasteiger partial charge in [0, 0.05) is 19.3 Å². The summed E-state index contributed by atoms with van der Waals surface area (Å²) < 4.78 is 16.9. The van der Waals surface area contributed by atoms with E-state index in [9.17, 15) is 14.4 Å². The predicted molar refractivity (Wildman–Crippen MR) is 316 cm³/mol. The molecular weight excluding hydrogens is 901 g/mol. The summed E-state index contributed by atoms with van der Waals surface area (Å²) in [7, 11) is 0. The van der Waals surface area contributed by atoms with E-state index in [-0.39, 0.29) is 31.1 Å². The van der Waals surface area contributed by atoms with Crippen molar-refractivity contribution in [3.8, 4) is 0 Å². The summed E-state index contributed by atoms with van der Waals surface area (Å²) in [4.78, 5) is 38.3. The molecule has 424 valence electrons. The average molecular weight is 1020 g/mol. The molecule has 0 aliphatic heterocycles. The summed E-state index contributed by atoms with van der Waals surface area (Å²) in [5.74, 6) is -0.891. The smallest absolute Gasteiger partial charge is 0.306 e. The molecule has 0 fully saturated rings. The van der Waals surface area contributed by atoms with Gasteiger partial charge in [-0.2, -0.15) is 0 Å². The van der Waals surface area contributed by atoms with Crippen LogP contribution in [0, 0.1) is 0 Å². The quantitative estimate of drug-likeness (QED) is 0.0261. The molecule has 1 atom stereocenters. The summed E-state index contributed by atoms with van der Waals surface area (Å²) in [5, 5.41) is 0. The third kappa shape index (κ3) is 59.9. The zero-order chi connectivity index (χ0) is 52.9. The van der Waals surface area contributed by atoms with Crippen molar-refractivity contribution in [1.29, 1.82) is 0 Å². The molecule has 0 bridgehead atoms. The van der Waals surface area contributed by atoms with Crippen molar-refractivity contribution in [2.75, 3.05) is 13.2 Å². The van der Waals surface area contributed by atoms with Crippen molar-refractivity contribution in [1.82, 2.24) is 0 Å². The fourth-order valence-electron chi connectivity index (χ4n) is 9.20. The minimum Gasteiger partial charge on any atom is -0.462 e. The molecule has 73 heavy (non-hydrogen) atoms. The number of hydrogen-bond acceptors (Lipinski definition) is 6. The molecule has 6 heteroatoms. The van der Waals surface area contributed by atoms with E-state index in [1.807, 2.05) is 0 Å². The van der Waals surface area contributed by atoms with Gasteiger partial charge < -0.3 is 14.2 Å². The number of rotatable bonds is 58. The van der Waals surface area contributed by atoms with Gasteiger partial charge in [-0.05, 0) is 83.5 Å². The molecule has 0 N–H and O–H groups in total. The van der Waals surface area contributed by atoms with Crippen molar-refractivity contribution >= 4 is 17.9 Å². The van der Waals surface area contributed by atoms with Gasteiger partial charge >= 0.3 is 17.9 Å². The molecule has 0 aromatic carbocycles. The summed E-state index contributed by atoms with van der Waals surface area (Å²) >= 11 is 0. The number of hydrogen-bond donors (Lipinski definition) is 0. The second-order valence-electron chi connectivity index (χ2n) is 21.3. The van der Waals surface area contributed by atoms with Gasteiger partial charge in [-0.1, -0.05) is 287 Å². The third-order valence-corrected chi connectivity index (χ3v) is 14.0. The molecule has 1 unspecified atom stereocenters. The molecule has 0 aromatic rings. The van der Waals surface area contributed by atoms with Crippen LogP contribution in [-0.4, -0.2) is 37.2 Å². The highest BCUT2D eigenvalue weighted by molar-refractivity contribution is 5.71. The van der Waals surface area contributed by atoms with Gasteiger partial charge in [-0.3, -0.25) is 14.4 Å². The second-order valence-corrected chi connectivity index (χ2v) is 21.3. The maximum absolute atomic E-state index is 12.9. The Balaban J connectivity index is 4.34. The van der Waals surface area contributed by atoms with E-state index in [0.29, 0.717) is 19.3 Å². The molecule has 0 spiro atoms. The third-order valence-electron chi connectivity index (χ3n) is 14.0. The Bertz CT molecular complexity index is 1310. The molecule has 0 radical (unpaired) electrons. The second kappa shape index (κ2) is 61.7. The molecule has 0 amide bonds. The first-order valence-corrected chi connectivity index (χ1v) is 31.8. The Morgan fingerprint density at radius 3 is 0.822 bits per heavy atom. The summed E-state index contributed by atoms with van der Waals surface area (Å²) in [6.45, 7) is 6.59. The number of carbonyl (C=O) groups excluding carboxylic acids is 3. The molecule has 0 saturated heterocycles. The van der Waals surface area contributed by atoms with E-state index in [0.717, 1.165) is 103 Å².